The Morgan fingerprint density at radius 2 is 1.94 bits per heavy atom. The van der Waals surface area contributed by atoms with Crippen molar-refractivity contribution in [2.45, 2.75) is 90.2 Å². The maximum absolute atomic E-state index is 5.86. The van der Waals surface area contributed by atoms with Gasteiger partial charge in [0.05, 0.1) is 6.10 Å². The summed E-state index contributed by atoms with van der Waals surface area (Å²) in [5, 5.41) is 3.64. The van der Waals surface area contributed by atoms with Gasteiger partial charge >= 0.3 is 0 Å². The Labute approximate surface area is 114 Å². The van der Waals surface area contributed by atoms with Crippen LogP contribution in [-0.4, -0.2) is 25.3 Å². The SMILES string of the molecule is CCCCCCCC(CC1CCCCO1)NCC. The molecule has 18 heavy (non-hydrogen) atoms. The number of nitrogens with one attached hydrogen (secondary N) is 1. The van der Waals surface area contributed by atoms with Gasteiger partial charge in [-0.05, 0) is 38.6 Å². The molecule has 1 heterocycles. The van der Waals surface area contributed by atoms with Crippen LogP contribution >= 0.6 is 0 Å². The summed E-state index contributed by atoms with van der Waals surface area (Å²) in [7, 11) is 0. The third-order valence-electron chi connectivity index (χ3n) is 3.97. The summed E-state index contributed by atoms with van der Waals surface area (Å²) in [6.07, 6.45) is 13.9. The summed E-state index contributed by atoms with van der Waals surface area (Å²) in [4.78, 5) is 0. The summed E-state index contributed by atoms with van der Waals surface area (Å²) in [5.41, 5.74) is 0. The second-order valence-electron chi connectivity index (χ2n) is 5.68. The van der Waals surface area contributed by atoms with E-state index in [1.807, 2.05) is 0 Å². The Bertz CT molecular complexity index is 178. The van der Waals surface area contributed by atoms with Crippen molar-refractivity contribution in [2.75, 3.05) is 13.2 Å². The maximum Gasteiger partial charge on any atom is 0.0590 e. The van der Waals surface area contributed by atoms with Crippen LogP contribution in [-0.2, 0) is 4.74 Å². The van der Waals surface area contributed by atoms with Crippen LogP contribution in [0.2, 0.25) is 0 Å². The van der Waals surface area contributed by atoms with Gasteiger partial charge in [0.25, 0.3) is 0 Å². The van der Waals surface area contributed by atoms with Gasteiger partial charge in [-0.1, -0.05) is 46.0 Å². The van der Waals surface area contributed by atoms with E-state index in [9.17, 15) is 0 Å². The van der Waals surface area contributed by atoms with Crippen molar-refractivity contribution in [3.8, 4) is 0 Å². The Morgan fingerprint density at radius 1 is 1.11 bits per heavy atom. The number of hydrogen-bond donors (Lipinski definition) is 1. The third-order valence-corrected chi connectivity index (χ3v) is 3.97. The monoisotopic (exact) mass is 255 g/mol. The van der Waals surface area contributed by atoms with Crippen LogP contribution in [0.1, 0.15) is 78.1 Å². The molecule has 2 nitrogen and oxygen atoms in total. The van der Waals surface area contributed by atoms with E-state index in [1.165, 1.54) is 64.2 Å². The van der Waals surface area contributed by atoms with Crippen LogP contribution in [0.25, 0.3) is 0 Å². The molecule has 1 aliphatic heterocycles. The molecule has 0 amide bonds. The molecule has 2 heteroatoms. The molecule has 108 valence electrons. The highest BCUT2D eigenvalue weighted by molar-refractivity contribution is 4.74. The zero-order valence-corrected chi connectivity index (χ0v) is 12.5. The fraction of sp³-hybridized carbons (Fsp3) is 1.00. The van der Waals surface area contributed by atoms with Crippen molar-refractivity contribution in [1.29, 1.82) is 0 Å². The molecule has 0 bridgehead atoms. The zero-order chi connectivity index (χ0) is 13.1. The lowest BCUT2D eigenvalue weighted by Crippen LogP contribution is -2.34. The first-order valence-corrected chi connectivity index (χ1v) is 8.21. The van der Waals surface area contributed by atoms with E-state index in [-0.39, 0.29) is 0 Å². The van der Waals surface area contributed by atoms with E-state index in [2.05, 4.69) is 19.2 Å². The van der Waals surface area contributed by atoms with Gasteiger partial charge in [-0.15, -0.1) is 0 Å². The predicted molar refractivity (Wildman–Crippen MR) is 79.0 cm³/mol. The molecule has 1 saturated heterocycles. The molecule has 0 aromatic carbocycles. The van der Waals surface area contributed by atoms with Crippen LogP contribution in [0, 0.1) is 0 Å². The molecule has 1 N–H and O–H groups in total. The molecule has 0 aromatic rings. The van der Waals surface area contributed by atoms with Crippen LogP contribution in [0.3, 0.4) is 0 Å². The van der Waals surface area contributed by atoms with Crippen molar-refractivity contribution in [1.82, 2.24) is 5.32 Å². The number of rotatable bonds is 10. The Balaban J connectivity index is 2.12. The minimum absolute atomic E-state index is 0.526. The van der Waals surface area contributed by atoms with Gasteiger partial charge < -0.3 is 10.1 Å². The van der Waals surface area contributed by atoms with Crippen molar-refractivity contribution in [3.05, 3.63) is 0 Å². The summed E-state index contributed by atoms with van der Waals surface area (Å²) in [6.45, 7) is 6.57. The van der Waals surface area contributed by atoms with E-state index >= 15 is 0 Å². The van der Waals surface area contributed by atoms with Crippen LogP contribution in [0.5, 0.6) is 0 Å². The normalized spacial score (nSPS) is 22.0. The Morgan fingerprint density at radius 3 is 2.61 bits per heavy atom. The van der Waals surface area contributed by atoms with Crippen molar-refractivity contribution >= 4 is 0 Å². The average Bonchev–Trinajstić information content (AvgIpc) is 2.40. The van der Waals surface area contributed by atoms with Crippen molar-refractivity contribution in [2.24, 2.45) is 0 Å². The van der Waals surface area contributed by atoms with E-state index < -0.39 is 0 Å². The second kappa shape index (κ2) is 10.8. The molecule has 0 saturated carbocycles. The Kier molecular flexibility index (Phi) is 9.59. The van der Waals surface area contributed by atoms with Crippen LogP contribution < -0.4 is 5.32 Å². The molecular formula is C16H33NO. The molecule has 0 radical (unpaired) electrons. The van der Waals surface area contributed by atoms with Gasteiger partial charge in [0.1, 0.15) is 0 Å². The average molecular weight is 255 g/mol. The topological polar surface area (TPSA) is 21.3 Å². The summed E-state index contributed by atoms with van der Waals surface area (Å²) in [5.74, 6) is 0. The standard InChI is InChI=1S/C16H33NO/c1-3-5-6-7-8-11-15(17-4-2)14-16-12-9-10-13-18-16/h15-17H,3-14H2,1-2H3. The minimum Gasteiger partial charge on any atom is -0.378 e. The van der Waals surface area contributed by atoms with Crippen LogP contribution in [0.4, 0.5) is 0 Å². The van der Waals surface area contributed by atoms with E-state index in [0.29, 0.717) is 12.1 Å². The number of ether oxygens (including phenoxy) is 1. The highest BCUT2D eigenvalue weighted by atomic mass is 16.5. The second-order valence-corrected chi connectivity index (χ2v) is 5.68. The first kappa shape index (κ1) is 16.0. The van der Waals surface area contributed by atoms with Gasteiger partial charge in [-0.25, -0.2) is 0 Å². The third kappa shape index (κ3) is 7.38. The molecular weight excluding hydrogens is 222 g/mol. The highest BCUT2D eigenvalue weighted by Crippen LogP contribution is 2.19. The summed E-state index contributed by atoms with van der Waals surface area (Å²) >= 11 is 0. The maximum atomic E-state index is 5.86. The largest absolute Gasteiger partial charge is 0.378 e. The zero-order valence-electron chi connectivity index (χ0n) is 12.5. The van der Waals surface area contributed by atoms with E-state index in [1.54, 1.807) is 0 Å². The van der Waals surface area contributed by atoms with E-state index in [4.69, 9.17) is 4.74 Å². The van der Waals surface area contributed by atoms with Crippen LogP contribution in [0.15, 0.2) is 0 Å². The minimum atomic E-state index is 0.526. The lowest BCUT2D eigenvalue weighted by molar-refractivity contribution is 0.00467. The Hall–Kier alpha value is -0.0800. The van der Waals surface area contributed by atoms with Crippen molar-refractivity contribution < 1.29 is 4.74 Å². The molecule has 1 fully saturated rings. The quantitative estimate of drug-likeness (QED) is 0.588. The predicted octanol–water partition coefficient (Wildman–Crippen LogP) is 4.28. The fourth-order valence-electron chi connectivity index (χ4n) is 2.90. The van der Waals surface area contributed by atoms with Gasteiger partial charge in [-0.3, -0.25) is 0 Å². The molecule has 2 atom stereocenters. The van der Waals surface area contributed by atoms with Crippen molar-refractivity contribution in [3.63, 3.8) is 0 Å². The van der Waals surface area contributed by atoms with Gasteiger partial charge in [0.2, 0.25) is 0 Å². The van der Waals surface area contributed by atoms with Gasteiger partial charge in [-0.2, -0.15) is 0 Å². The lowest BCUT2D eigenvalue weighted by atomic mass is 9.97. The molecule has 2 unspecified atom stereocenters. The smallest absolute Gasteiger partial charge is 0.0590 e. The molecule has 1 aliphatic rings. The summed E-state index contributed by atoms with van der Waals surface area (Å²) in [6, 6.07) is 0.680. The van der Waals surface area contributed by atoms with Gasteiger partial charge in [0.15, 0.2) is 0 Å². The van der Waals surface area contributed by atoms with E-state index in [0.717, 1.165) is 13.2 Å². The molecule has 0 spiro atoms. The first-order valence-electron chi connectivity index (χ1n) is 8.21. The molecule has 1 rings (SSSR count). The molecule has 0 aromatic heterocycles. The summed E-state index contributed by atoms with van der Waals surface area (Å²) < 4.78 is 5.86. The van der Waals surface area contributed by atoms with Gasteiger partial charge in [0, 0.05) is 12.6 Å². The lowest BCUT2D eigenvalue weighted by Gasteiger charge is -2.27. The fourth-order valence-corrected chi connectivity index (χ4v) is 2.90. The first-order chi connectivity index (χ1) is 8.86. The number of unbranched alkanes of at least 4 members (excludes halogenated alkanes) is 4. The number of hydrogen-bond acceptors (Lipinski definition) is 2. The highest BCUT2D eigenvalue weighted by Gasteiger charge is 2.18. The molecule has 0 aliphatic carbocycles.